The van der Waals surface area contributed by atoms with E-state index in [-0.39, 0.29) is 18.4 Å². The Hall–Kier alpha value is -1.56. The number of nitrogens with one attached hydrogen (secondary N) is 1. The maximum absolute atomic E-state index is 12.1. The van der Waals surface area contributed by atoms with Crippen molar-refractivity contribution in [1.29, 1.82) is 0 Å². The Balaban J connectivity index is 2.13. The van der Waals surface area contributed by atoms with Crippen LogP contribution in [0.3, 0.4) is 0 Å². The standard InChI is InChI=1S/C15H22N2O3S/c1-11-5-4-6-12(2)14(11)17(21(3,19)20)10-9-16-15(18)13-7-8-13/h4-6,13H,7-10H2,1-3H3,(H,16,18). The van der Waals surface area contributed by atoms with Gasteiger partial charge in [-0.25, -0.2) is 8.42 Å². The fourth-order valence-corrected chi connectivity index (χ4v) is 3.46. The molecule has 1 aromatic carbocycles. The summed E-state index contributed by atoms with van der Waals surface area (Å²) >= 11 is 0. The summed E-state index contributed by atoms with van der Waals surface area (Å²) in [6, 6.07) is 5.69. The molecule has 1 amide bonds. The number of hydrogen-bond acceptors (Lipinski definition) is 3. The number of sulfonamides is 1. The summed E-state index contributed by atoms with van der Waals surface area (Å²) in [5.41, 5.74) is 2.53. The van der Waals surface area contributed by atoms with E-state index in [2.05, 4.69) is 5.32 Å². The second kappa shape index (κ2) is 6.05. The molecule has 0 heterocycles. The molecule has 1 aromatic rings. The molecule has 21 heavy (non-hydrogen) atoms. The van der Waals surface area contributed by atoms with E-state index in [4.69, 9.17) is 0 Å². The average Bonchev–Trinajstić information content (AvgIpc) is 3.19. The first kappa shape index (κ1) is 15.8. The molecule has 0 aliphatic heterocycles. The van der Waals surface area contributed by atoms with Crippen LogP contribution in [0.1, 0.15) is 24.0 Å². The molecule has 0 atom stereocenters. The number of hydrogen-bond donors (Lipinski definition) is 1. The quantitative estimate of drug-likeness (QED) is 0.868. The van der Waals surface area contributed by atoms with E-state index in [1.54, 1.807) is 0 Å². The van der Waals surface area contributed by atoms with E-state index in [1.165, 1.54) is 10.6 Å². The molecule has 1 fully saturated rings. The van der Waals surface area contributed by atoms with Gasteiger partial charge in [-0.15, -0.1) is 0 Å². The van der Waals surface area contributed by atoms with E-state index in [0.29, 0.717) is 12.2 Å². The van der Waals surface area contributed by atoms with Crippen LogP contribution in [0.15, 0.2) is 18.2 Å². The van der Waals surface area contributed by atoms with E-state index in [0.717, 1.165) is 24.0 Å². The Labute approximate surface area is 126 Å². The van der Waals surface area contributed by atoms with Crippen LogP contribution in [-0.2, 0) is 14.8 Å². The smallest absolute Gasteiger partial charge is 0.232 e. The highest BCUT2D eigenvalue weighted by Gasteiger charge is 2.29. The lowest BCUT2D eigenvalue weighted by atomic mass is 10.1. The summed E-state index contributed by atoms with van der Waals surface area (Å²) < 4.78 is 25.5. The molecule has 1 aliphatic rings. The van der Waals surface area contributed by atoms with E-state index in [1.807, 2.05) is 32.0 Å². The van der Waals surface area contributed by atoms with Gasteiger partial charge in [-0.05, 0) is 37.8 Å². The summed E-state index contributed by atoms with van der Waals surface area (Å²) in [6.07, 6.45) is 3.08. The van der Waals surface area contributed by atoms with Crippen molar-refractivity contribution < 1.29 is 13.2 Å². The number of aryl methyl sites for hydroxylation is 2. The van der Waals surface area contributed by atoms with Crippen molar-refractivity contribution in [3.05, 3.63) is 29.3 Å². The van der Waals surface area contributed by atoms with Crippen molar-refractivity contribution in [3.8, 4) is 0 Å². The molecule has 0 bridgehead atoms. The third-order valence-corrected chi connectivity index (χ3v) is 4.82. The largest absolute Gasteiger partial charge is 0.354 e. The molecule has 0 aromatic heterocycles. The van der Waals surface area contributed by atoms with Crippen molar-refractivity contribution >= 4 is 21.6 Å². The van der Waals surface area contributed by atoms with Crippen LogP contribution in [0.2, 0.25) is 0 Å². The minimum atomic E-state index is -3.38. The summed E-state index contributed by atoms with van der Waals surface area (Å²) in [7, 11) is -3.38. The minimum Gasteiger partial charge on any atom is -0.354 e. The van der Waals surface area contributed by atoms with Crippen LogP contribution < -0.4 is 9.62 Å². The van der Waals surface area contributed by atoms with Gasteiger partial charge in [0.1, 0.15) is 0 Å². The Bertz CT molecular complexity index is 616. The van der Waals surface area contributed by atoms with Crippen molar-refractivity contribution in [3.63, 3.8) is 0 Å². The zero-order valence-electron chi connectivity index (χ0n) is 12.7. The van der Waals surface area contributed by atoms with Gasteiger partial charge in [0.2, 0.25) is 15.9 Å². The number of carbonyl (C=O) groups excluding carboxylic acids is 1. The number of nitrogens with zero attached hydrogens (tertiary/aromatic N) is 1. The predicted octanol–water partition coefficient (Wildman–Crippen LogP) is 1.60. The number of anilines is 1. The molecule has 5 nitrogen and oxygen atoms in total. The number of benzene rings is 1. The highest BCUT2D eigenvalue weighted by Crippen LogP contribution is 2.29. The molecule has 0 saturated heterocycles. The van der Waals surface area contributed by atoms with E-state index < -0.39 is 10.0 Å². The monoisotopic (exact) mass is 310 g/mol. The van der Waals surface area contributed by atoms with Crippen LogP contribution in [-0.4, -0.2) is 33.7 Å². The molecule has 1 N–H and O–H groups in total. The Morgan fingerprint density at radius 1 is 1.29 bits per heavy atom. The number of amides is 1. The van der Waals surface area contributed by atoms with E-state index >= 15 is 0 Å². The molecule has 0 spiro atoms. The highest BCUT2D eigenvalue weighted by molar-refractivity contribution is 7.92. The fourth-order valence-electron chi connectivity index (χ4n) is 2.41. The molecule has 0 unspecified atom stereocenters. The lowest BCUT2D eigenvalue weighted by Gasteiger charge is -2.26. The van der Waals surface area contributed by atoms with Gasteiger partial charge in [0.15, 0.2) is 0 Å². The maximum Gasteiger partial charge on any atom is 0.232 e. The molecular formula is C15H22N2O3S. The second-order valence-electron chi connectivity index (χ2n) is 5.64. The molecule has 0 radical (unpaired) electrons. The van der Waals surface area contributed by atoms with Crippen molar-refractivity contribution in [2.75, 3.05) is 23.7 Å². The van der Waals surface area contributed by atoms with Gasteiger partial charge in [0, 0.05) is 12.5 Å². The molecule has 6 heteroatoms. The van der Waals surface area contributed by atoms with Gasteiger partial charge in [0.25, 0.3) is 0 Å². The number of carbonyl (C=O) groups is 1. The van der Waals surface area contributed by atoms with Gasteiger partial charge in [0.05, 0.1) is 18.5 Å². The lowest BCUT2D eigenvalue weighted by molar-refractivity contribution is -0.122. The lowest BCUT2D eigenvalue weighted by Crippen LogP contribution is -2.39. The van der Waals surface area contributed by atoms with Gasteiger partial charge < -0.3 is 5.32 Å². The zero-order valence-corrected chi connectivity index (χ0v) is 13.5. The van der Waals surface area contributed by atoms with E-state index in [9.17, 15) is 13.2 Å². The Morgan fingerprint density at radius 3 is 2.33 bits per heavy atom. The van der Waals surface area contributed by atoms with Crippen molar-refractivity contribution in [2.24, 2.45) is 5.92 Å². The summed E-state index contributed by atoms with van der Waals surface area (Å²) in [5, 5.41) is 2.81. The minimum absolute atomic E-state index is 0.0324. The normalized spacial score (nSPS) is 14.8. The third-order valence-electron chi connectivity index (χ3n) is 3.65. The summed E-state index contributed by atoms with van der Waals surface area (Å²) in [5.74, 6) is 0.168. The van der Waals surface area contributed by atoms with Gasteiger partial charge >= 0.3 is 0 Å². The topological polar surface area (TPSA) is 66.5 Å². The first-order valence-electron chi connectivity index (χ1n) is 7.12. The molecular weight excluding hydrogens is 288 g/mol. The molecule has 1 saturated carbocycles. The zero-order chi connectivity index (χ0) is 15.6. The Kier molecular flexibility index (Phi) is 4.56. The van der Waals surface area contributed by atoms with Gasteiger partial charge in [-0.2, -0.15) is 0 Å². The van der Waals surface area contributed by atoms with Crippen LogP contribution in [0.4, 0.5) is 5.69 Å². The van der Waals surface area contributed by atoms with Gasteiger partial charge in [-0.1, -0.05) is 18.2 Å². The molecule has 1 aliphatic carbocycles. The molecule has 2 rings (SSSR count). The average molecular weight is 310 g/mol. The van der Waals surface area contributed by atoms with Crippen LogP contribution in [0, 0.1) is 19.8 Å². The third kappa shape index (κ3) is 3.97. The first-order valence-corrected chi connectivity index (χ1v) is 8.97. The van der Waals surface area contributed by atoms with Gasteiger partial charge in [-0.3, -0.25) is 9.10 Å². The first-order chi connectivity index (χ1) is 9.80. The SMILES string of the molecule is Cc1cccc(C)c1N(CCNC(=O)C1CC1)S(C)(=O)=O. The fraction of sp³-hybridized carbons (Fsp3) is 0.533. The van der Waals surface area contributed by atoms with Crippen molar-refractivity contribution in [1.82, 2.24) is 5.32 Å². The summed E-state index contributed by atoms with van der Waals surface area (Å²) in [4.78, 5) is 11.6. The highest BCUT2D eigenvalue weighted by atomic mass is 32.2. The number of rotatable bonds is 6. The molecule has 116 valence electrons. The van der Waals surface area contributed by atoms with Crippen molar-refractivity contribution in [2.45, 2.75) is 26.7 Å². The maximum atomic E-state index is 12.1. The second-order valence-corrected chi connectivity index (χ2v) is 7.55. The summed E-state index contributed by atoms with van der Waals surface area (Å²) in [6.45, 7) is 4.37. The van der Waals surface area contributed by atoms with Crippen LogP contribution >= 0.6 is 0 Å². The van der Waals surface area contributed by atoms with Crippen LogP contribution in [0.5, 0.6) is 0 Å². The van der Waals surface area contributed by atoms with Crippen LogP contribution in [0.25, 0.3) is 0 Å². The predicted molar refractivity (Wildman–Crippen MR) is 83.8 cm³/mol. The number of para-hydroxylation sites is 1. The Morgan fingerprint density at radius 2 is 1.86 bits per heavy atom.